The van der Waals surface area contributed by atoms with Gasteiger partial charge in [-0.15, -0.1) is 11.3 Å². The van der Waals surface area contributed by atoms with Crippen molar-refractivity contribution in [2.24, 2.45) is 9.98 Å². The zero-order valence-electron chi connectivity index (χ0n) is 28.1. The number of hydrogen-bond donors (Lipinski definition) is 1. The fourth-order valence-electron chi connectivity index (χ4n) is 8.34. The van der Waals surface area contributed by atoms with Gasteiger partial charge in [0.15, 0.2) is 5.84 Å². The van der Waals surface area contributed by atoms with E-state index in [1.807, 2.05) is 12.1 Å². The molecular weight excluding hydrogens is 643 g/mol. The Kier molecular flexibility index (Phi) is 5.91. The van der Waals surface area contributed by atoms with E-state index in [-0.39, 0.29) is 11.6 Å². The number of thiophene rings is 1. The van der Waals surface area contributed by atoms with Crippen LogP contribution in [0.25, 0.3) is 64.0 Å². The van der Waals surface area contributed by atoms with Crippen molar-refractivity contribution in [2.45, 2.75) is 25.4 Å². The summed E-state index contributed by atoms with van der Waals surface area (Å²) in [5.74, 6) is 1.53. The van der Waals surface area contributed by atoms with Crippen LogP contribution in [-0.4, -0.2) is 11.7 Å². The Morgan fingerprint density at radius 1 is 0.647 bits per heavy atom. The van der Waals surface area contributed by atoms with E-state index in [1.165, 1.54) is 43.1 Å². The minimum absolute atomic E-state index is 0.111. The molecule has 1 N–H and O–H groups in total. The molecule has 3 heterocycles. The third kappa shape index (κ3) is 4.19. The highest BCUT2D eigenvalue weighted by molar-refractivity contribution is 7.26. The van der Waals surface area contributed by atoms with Crippen LogP contribution in [-0.2, 0) is 5.41 Å². The summed E-state index contributed by atoms with van der Waals surface area (Å²) < 4.78 is 8.97. The molecule has 0 bridgehead atoms. The Labute approximate surface area is 298 Å². The molecule has 4 nitrogen and oxygen atoms in total. The van der Waals surface area contributed by atoms with Crippen LogP contribution in [0.4, 0.5) is 0 Å². The number of hydrogen-bond acceptors (Lipinski definition) is 5. The number of furan rings is 1. The van der Waals surface area contributed by atoms with Crippen LogP contribution in [0.3, 0.4) is 0 Å². The van der Waals surface area contributed by atoms with Crippen molar-refractivity contribution in [3.05, 3.63) is 167 Å². The van der Waals surface area contributed by atoms with E-state index in [2.05, 4.69) is 147 Å². The third-order valence-corrected chi connectivity index (χ3v) is 12.1. The van der Waals surface area contributed by atoms with Gasteiger partial charge < -0.3 is 9.73 Å². The van der Waals surface area contributed by atoms with Gasteiger partial charge in [-0.2, -0.15) is 0 Å². The van der Waals surface area contributed by atoms with Crippen molar-refractivity contribution in [1.82, 2.24) is 5.32 Å². The van der Waals surface area contributed by atoms with Crippen molar-refractivity contribution in [1.29, 1.82) is 0 Å². The minimum atomic E-state index is -0.309. The van der Waals surface area contributed by atoms with E-state index < -0.39 is 0 Å². The standard InChI is InChI=1S/C46H31N3OS/c1-46(2)36-21-20-29(23-32(36)33-22-27-14-6-7-15-28(27)24-37(33)46)44-47-43(26-12-4-3-5-13-26)48-45(49-44)35-25-34-30-16-8-10-18-38(30)50-41(34)40-31-17-9-11-19-39(31)51-42(35)40/h3-25,43H,1-2H3,(H,47,48,49). The van der Waals surface area contributed by atoms with E-state index in [1.54, 1.807) is 11.3 Å². The molecule has 2 aromatic heterocycles. The Morgan fingerprint density at radius 3 is 2.24 bits per heavy atom. The molecule has 242 valence electrons. The lowest BCUT2D eigenvalue weighted by molar-refractivity contribution is 0.661. The highest BCUT2D eigenvalue weighted by atomic mass is 32.1. The van der Waals surface area contributed by atoms with Gasteiger partial charge in [-0.1, -0.05) is 117 Å². The third-order valence-electron chi connectivity index (χ3n) is 10.9. The van der Waals surface area contributed by atoms with E-state index in [0.29, 0.717) is 0 Å². The molecule has 0 radical (unpaired) electrons. The lowest BCUT2D eigenvalue weighted by Gasteiger charge is -2.24. The molecular formula is C46H31N3OS. The molecule has 11 rings (SSSR count). The minimum Gasteiger partial charge on any atom is -0.455 e. The molecule has 7 aromatic carbocycles. The molecule has 9 aromatic rings. The molecule has 1 aliphatic heterocycles. The molecule has 0 fully saturated rings. The fraction of sp³-hybridized carbons (Fsp3) is 0.0870. The largest absolute Gasteiger partial charge is 0.455 e. The maximum absolute atomic E-state index is 6.59. The van der Waals surface area contributed by atoms with Crippen molar-refractivity contribution >= 4 is 75.9 Å². The van der Waals surface area contributed by atoms with Crippen molar-refractivity contribution in [3.8, 4) is 11.1 Å². The van der Waals surface area contributed by atoms with E-state index in [9.17, 15) is 0 Å². The average molecular weight is 674 g/mol. The van der Waals surface area contributed by atoms with Crippen LogP contribution in [0.5, 0.6) is 0 Å². The number of fused-ring (bicyclic) bond motifs is 11. The first kappa shape index (κ1) is 28.8. The molecule has 2 aliphatic rings. The highest BCUT2D eigenvalue weighted by Gasteiger charge is 2.36. The van der Waals surface area contributed by atoms with Gasteiger partial charge in [0.1, 0.15) is 23.2 Å². The summed E-state index contributed by atoms with van der Waals surface area (Å²) in [6, 6.07) is 49.9. The Bertz CT molecular complexity index is 2980. The van der Waals surface area contributed by atoms with Crippen molar-refractivity contribution in [2.75, 3.05) is 0 Å². The summed E-state index contributed by atoms with van der Waals surface area (Å²) in [6.45, 7) is 4.67. The van der Waals surface area contributed by atoms with Gasteiger partial charge in [0.2, 0.25) is 0 Å². The van der Waals surface area contributed by atoms with Crippen LogP contribution < -0.4 is 5.32 Å². The van der Waals surface area contributed by atoms with Gasteiger partial charge in [-0.3, -0.25) is 0 Å². The van der Waals surface area contributed by atoms with Crippen molar-refractivity contribution < 1.29 is 4.42 Å². The maximum Gasteiger partial charge on any atom is 0.159 e. The molecule has 0 saturated carbocycles. The lowest BCUT2D eigenvalue weighted by atomic mass is 9.81. The number of nitrogens with one attached hydrogen (secondary N) is 1. The molecule has 0 saturated heterocycles. The average Bonchev–Trinajstić information content (AvgIpc) is 3.81. The first-order valence-electron chi connectivity index (χ1n) is 17.4. The molecule has 5 heteroatoms. The van der Waals surface area contributed by atoms with Crippen LogP contribution in [0, 0.1) is 0 Å². The summed E-state index contributed by atoms with van der Waals surface area (Å²) in [5, 5.41) is 10.8. The molecule has 0 spiro atoms. The number of amidine groups is 2. The van der Waals surface area contributed by atoms with Gasteiger partial charge in [0.25, 0.3) is 0 Å². The second-order valence-electron chi connectivity index (χ2n) is 14.2. The highest BCUT2D eigenvalue weighted by Crippen LogP contribution is 2.50. The van der Waals surface area contributed by atoms with Gasteiger partial charge in [0.05, 0.1) is 4.70 Å². The lowest BCUT2D eigenvalue weighted by Crippen LogP contribution is -2.33. The molecule has 51 heavy (non-hydrogen) atoms. The van der Waals surface area contributed by atoms with Gasteiger partial charge in [-0.05, 0) is 75.0 Å². The number of benzene rings is 7. The molecule has 1 atom stereocenters. The number of nitrogens with zero attached hydrogens (tertiary/aromatic N) is 2. The van der Waals surface area contributed by atoms with Gasteiger partial charge >= 0.3 is 0 Å². The summed E-state index contributed by atoms with van der Waals surface area (Å²) >= 11 is 1.79. The first-order chi connectivity index (χ1) is 25.0. The predicted molar refractivity (Wildman–Crippen MR) is 214 cm³/mol. The van der Waals surface area contributed by atoms with Crippen LogP contribution in [0.2, 0.25) is 0 Å². The van der Waals surface area contributed by atoms with E-state index in [4.69, 9.17) is 14.4 Å². The SMILES string of the molecule is CC1(C)c2ccc(C3=NC(c4ccccc4)NC(c4cc5c6ccccc6oc5c5c4sc4ccccc45)=N3)cc2-c2cc3ccccc3cc21. The Hall–Kier alpha value is -6.04. The van der Waals surface area contributed by atoms with E-state index in [0.717, 1.165) is 60.4 Å². The summed E-state index contributed by atoms with van der Waals surface area (Å²) in [6.07, 6.45) is -0.309. The van der Waals surface area contributed by atoms with E-state index >= 15 is 0 Å². The molecule has 1 aliphatic carbocycles. The normalized spacial score (nSPS) is 16.4. The summed E-state index contributed by atoms with van der Waals surface area (Å²) in [4.78, 5) is 10.7. The maximum atomic E-state index is 6.59. The number of rotatable bonds is 3. The van der Waals surface area contributed by atoms with Crippen LogP contribution >= 0.6 is 11.3 Å². The zero-order chi connectivity index (χ0) is 33.8. The first-order valence-corrected chi connectivity index (χ1v) is 18.3. The van der Waals surface area contributed by atoms with Crippen molar-refractivity contribution in [3.63, 3.8) is 0 Å². The quantitative estimate of drug-likeness (QED) is 0.203. The predicted octanol–water partition coefficient (Wildman–Crippen LogP) is 11.9. The van der Waals surface area contributed by atoms with Gasteiger partial charge in [0, 0.05) is 42.8 Å². The molecule has 1 unspecified atom stereocenters. The molecule has 0 amide bonds. The second-order valence-corrected chi connectivity index (χ2v) is 15.3. The van der Waals surface area contributed by atoms with Gasteiger partial charge in [-0.25, -0.2) is 9.98 Å². The summed E-state index contributed by atoms with van der Waals surface area (Å²) in [7, 11) is 0. The van der Waals surface area contributed by atoms with Crippen LogP contribution in [0.1, 0.15) is 47.8 Å². The zero-order valence-corrected chi connectivity index (χ0v) is 28.9. The Morgan fingerprint density at radius 2 is 1.37 bits per heavy atom. The Balaban J connectivity index is 1.15. The second kappa shape index (κ2) is 10.5. The monoisotopic (exact) mass is 673 g/mol. The number of aliphatic imine (C=N–C) groups is 2. The topological polar surface area (TPSA) is 49.9 Å². The summed E-state index contributed by atoms with van der Waals surface area (Å²) in [5.41, 5.74) is 10.1. The smallest absolute Gasteiger partial charge is 0.159 e. The fourth-order valence-corrected chi connectivity index (χ4v) is 9.56. The number of para-hydroxylation sites is 1. The van der Waals surface area contributed by atoms with Crippen LogP contribution in [0.15, 0.2) is 154 Å².